The van der Waals surface area contributed by atoms with E-state index in [2.05, 4.69) is 0 Å². The molecule has 1 aliphatic rings. The standard InChI is InChI=1S/C4H8O.Ga/c1-2-3-4-5;/h1-4H2;/q-1;+1. The van der Waals surface area contributed by atoms with Gasteiger partial charge in [0.1, 0.15) is 0 Å². The van der Waals surface area contributed by atoms with Crippen molar-refractivity contribution in [3.63, 3.8) is 0 Å². The van der Waals surface area contributed by atoms with Gasteiger partial charge in [-0.05, 0) is 0 Å². The third-order valence-corrected chi connectivity index (χ3v) is 3.29. The first-order chi connectivity index (χ1) is 3.00. The van der Waals surface area contributed by atoms with E-state index in [4.69, 9.17) is 3.53 Å². The van der Waals surface area contributed by atoms with Gasteiger partial charge in [-0.15, -0.1) is 0 Å². The van der Waals surface area contributed by atoms with Crippen LogP contribution in [-0.4, -0.2) is 24.4 Å². The van der Waals surface area contributed by atoms with Crippen LogP contribution in [-0.2, 0) is 3.53 Å². The first-order valence-electron chi connectivity index (χ1n) is 2.43. The molecule has 0 aliphatic carbocycles. The fourth-order valence-corrected chi connectivity index (χ4v) is 2.58. The first-order valence-corrected chi connectivity index (χ1v) is 5.13. The SMILES string of the molecule is C1C[CH2][Ga][O]C1. The van der Waals surface area contributed by atoms with E-state index >= 15 is 0 Å². The maximum atomic E-state index is 5.23. The summed E-state index contributed by atoms with van der Waals surface area (Å²) >= 11 is -0.115. The molecule has 0 saturated carbocycles. The van der Waals surface area contributed by atoms with E-state index in [-0.39, 0.29) is 17.8 Å². The van der Waals surface area contributed by atoms with Crippen molar-refractivity contribution in [1.29, 1.82) is 0 Å². The third kappa shape index (κ3) is 1.37. The molecule has 0 aromatic heterocycles. The predicted molar refractivity (Wildman–Crippen MR) is 25.7 cm³/mol. The molecule has 1 fully saturated rings. The monoisotopic (exact) mass is 141 g/mol. The van der Waals surface area contributed by atoms with Crippen molar-refractivity contribution in [1.82, 2.24) is 0 Å². The van der Waals surface area contributed by atoms with Crippen LogP contribution in [0, 0.1) is 0 Å². The van der Waals surface area contributed by atoms with Crippen LogP contribution in [0.15, 0.2) is 0 Å². The molecule has 1 radical (unpaired) electrons. The summed E-state index contributed by atoms with van der Waals surface area (Å²) < 4.78 is 5.23. The van der Waals surface area contributed by atoms with Crippen LogP contribution in [0.5, 0.6) is 0 Å². The zero-order valence-electron chi connectivity index (χ0n) is 3.81. The minimum absolute atomic E-state index is 0.115. The number of hydrogen-bond acceptors (Lipinski definition) is 1. The minimum atomic E-state index is -0.115. The summed E-state index contributed by atoms with van der Waals surface area (Å²) in [6.45, 7) is 1.07. The van der Waals surface area contributed by atoms with Gasteiger partial charge < -0.3 is 0 Å². The Morgan fingerprint density at radius 3 is 2.50 bits per heavy atom. The molecule has 1 nitrogen and oxygen atoms in total. The average Bonchev–Trinajstić information content (AvgIpc) is 1.72. The zero-order valence-corrected chi connectivity index (χ0v) is 6.24. The molecule has 0 N–H and O–H groups in total. The molecule has 0 aromatic rings. The summed E-state index contributed by atoms with van der Waals surface area (Å²) in [4.78, 5) is 1.43. The Bertz CT molecular complexity index is 23.0. The topological polar surface area (TPSA) is 9.23 Å². The van der Waals surface area contributed by atoms with Crippen molar-refractivity contribution in [3.8, 4) is 0 Å². The van der Waals surface area contributed by atoms with Gasteiger partial charge in [0.05, 0.1) is 0 Å². The van der Waals surface area contributed by atoms with Crippen molar-refractivity contribution in [2.75, 3.05) is 6.61 Å². The zero-order chi connectivity index (χ0) is 4.24. The van der Waals surface area contributed by atoms with Crippen LogP contribution in [0.25, 0.3) is 0 Å². The Morgan fingerprint density at radius 2 is 2.33 bits per heavy atom. The van der Waals surface area contributed by atoms with Gasteiger partial charge in [0.25, 0.3) is 0 Å². The average molecular weight is 142 g/mol. The van der Waals surface area contributed by atoms with Crippen LogP contribution < -0.4 is 0 Å². The molecule has 0 spiro atoms. The van der Waals surface area contributed by atoms with Gasteiger partial charge in [-0.3, -0.25) is 0 Å². The second-order valence-corrected chi connectivity index (χ2v) is 4.14. The molecule has 2 heteroatoms. The van der Waals surface area contributed by atoms with Crippen molar-refractivity contribution in [2.45, 2.75) is 17.8 Å². The van der Waals surface area contributed by atoms with Crippen LogP contribution in [0.3, 0.4) is 0 Å². The fraction of sp³-hybridized carbons (Fsp3) is 1.00. The summed E-state index contributed by atoms with van der Waals surface area (Å²) in [7, 11) is 0. The van der Waals surface area contributed by atoms with Gasteiger partial charge in [-0.25, -0.2) is 0 Å². The van der Waals surface area contributed by atoms with E-state index in [9.17, 15) is 0 Å². The molecule has 1 aliphatic heterocycles. The number of rotatable bonds is 0. The molecule has 6 heavy (non-hydrogen) atoms. The summed E-state index contributed by atoms with van der Waals surface area (Å²) in [5.74, 6) is 0. The van der Waals surface area contributed by atoms with Gasteiger partial charge in [0.2, 0.25) is 0 Å². The molecule has 1 rings (SSSR count). The summed E-state index contributed by atoms with van der Waals surface area (Å²) in [5.41, 5.74) is 0. The Kier molecular flexibility index (Phi) is 2.15. The van der Waals surface area contributed by atoms with Gasteiger partial charge >= 0.3 is 45.7 Å². The van der Waals surface area contributed by atoms with E-state index in [1.165, 1.54) is 17.8 Å². The first kappa shape index (κ1) is 4.75. The summed E-state index contributed by atoms with van der Waals surface area (Å²) in [6.07, 6.45) is 2.76. The molecule has 0 unspecified atom stereocenters. The maximum absolute atomic E-state index is 5.23. The summed E-state index contributed by atoms with van der Waals surface area (Å²) in [5, 5.41) is 0. The molecule has 0 aromatic carbocycles. The molecular formula is C4H8GaO. The predicted octanol–water partition coefficient (Wildman–Crippen LogP) is 0.834. The van der Waals surface area contributed by atoms with E-state index in [1.54, 1.807) is 0 Å². The molecule has 0 atom stereocenters. The normalized spacial score (nSPS) is 22.7. The Morgan fingerprint density at radius 1 is 1.33 bits per heavy atom. The third-order valence-electron chi connectivity index (χ3n) is 0.952. The second-order valence-electron chi connectivity index (χ2n) is 1.53. The molecule has 1 saturated heterocycles. The molecule has 0 bridgehead atoms. The van der Waals surface area contributed by atoms with Crippen LogP contribution >= 0.6 is 0 Å². The van der Waals surface area contributed by atoms with E-state index in [0.29, 0.717) is 0 Å². The Labute approximate surface area is 46.3 Å². The Balaban J connectivity index is 2.00. The molecule has 33 valence electrons. The van der Waals surface area contributed by atoms with Gasteiger partial charge in [0.15, 0.2) is 0 Å². The molecular weight excluding hydrogens is 134 g/mol. The van der Waals surface area contributed by atoms with Crippen molar-refractivity contribution in [3.05, 3.63) is 0 Å². The van der Waals surface area contributed by atoms with E-state index in [0.717, 1.165) is 6.61 Å². The van der Waals surface area contributed by atoms with Crippen LogP contribution in [0.2, 0.25) is 4.98 Å². The van der Waals surface area contributed by atoms with Crippen molar-refractivity contribution >= 4 is 17.8 Å². The van der Waals surface area contributed by atoms with Crippen molar-refractivity contribution in [2.24, 2.45) is 0 Å². The quantitative estimate of drug-likeness (QED) is 0.455. The van der Waals surface area contributed by atoms with Crippen molar-refractivity contribution < 1.29 is 3.53 Å². The van der Waals surface area contributed by atoms with E-state index in [1.807, 2.05) is 0 Å². The second kappa shape index (κ2) is 2.72. The molecule has 0 amide bonds. The number of hydrogen-bond donors (Lipinski definition) is 0. The van der Waals surface area contributed by atoms with Crippen LogP contribution in [0.4, 0.5) is 0 Å². The fourth-order valence-electron chi connectivity index (χ4n) is 0.580. The van der Waals surface area contributed by atoms with Gasteiger partial charge in [0, 0.05) is 0 Å². The van der Waals surface area contributed by atoms with Gasteiger partial charge in [-0.1, -0.05) is 0 Å². The Hall–Kier alpha value is 0.596. The summed E-state index contributed by atoms with van der Waals surface area (Å²) in [6, 6.07) is 0. The van der Waals surface area contributed by atoms with E-state index < -0.39 is 0 Å². The molecule has 1 heterocycles. The van der Waals surface area contributed by atoms with Gasteiger partial charge in [-0.2, -0.15) is 0 Å². The van der Waals surface area contributed by atoms with Crippen LogP contribution in [0.1, 0.15) is 12.8 Å².